The number of benzene rings is 2. The van der Waals surface area contributed by atoms with Crippen molar-refractivity contribution >= 4 is 57.9 Å². The third kappa shape index (κ3) is 6.85. The van der Waals surface area contributed by atoms with E-state index in [9.17, 15) is 4.79 Å². The number of nitrogens with zero attached hydrogens (tertiary/aromatic N) is 1. The van der Waals surface area contributed by atoms with Crippen LogP contribution < -0.4 is 15.8 Å². The molecule has 0 saturated carbocycles. The Morgan fingerprint density at radius 1 is 1.29 bits per heavy atom. The fourth-order valence-electron chi connectivity index (χ4n) is 1.57. The fraction of sp³-hybridized carbons (Fsp3) is 0.0625. The molecule has 0 aliphatic heterocycles. The van der Waals surface area contributed by atoms with Gasteiger partial charge in [-0.15, -0.1) is 0 Å². The van der Waals surface area contributed by atoms with E-state index >= 15 is 0 Å². The summed E-state index contributed by atoms with van der Waals surface area (Å²) in [7, 11) is 1.55. The second-order valence-corrected chi connectivity index (χ2v) is 5.24. The van der Waals surface area contributed by atoms with Crippen LogP contribution in [0.15, 0.2) is 53.5 Å². The fourth-order valence-corrected chi connectivity index (χ4v) is 1.96. The van der Waals surface area contributed by atoms with Crippen LogP contribution in [0.1, 0.15) is 10.4 Å². The van der Waals surface area contributed by atoms with Crippen LogP contribution in [0.4, 0.5) is 5.69 Å². The molecule has 0 heterocycles. The van der Waals surface area contributed by atoms with Crippen LogP contribution in [0.5, 0.6) is 5.75 Å². The smallest absolute Gasteiger partial charge is 0.285 e. The first-order chi connectivity index (χ1) is 11.5. The predicted octanol–water partition coefficient (Wildman–Crippen LogP) is 3.93. The van der Waals surface area contributed by atoms with Crippen molar-refractivity contribution in [1.82, 2.24) is 0 Å². The second-order valence-electron chi connectivity index (χ2n) is 4.21. The molecule has 0 spiro atoms. The maximum absolute atomic E-state index is 10.9. The second kappa shape index (κ2) is 10.5. The van der Waals surface area contributed by atoms with E-state index in [0.29, 0.717) is 16.3 Å². The quantitative estimate of drug-likeness (QED) is 0.621. The van der Waals surface area contributed by atoms with Crippen molar-refractivity contribution in [2.24, 2.45) is 10.7 Å². The lowest BCUT2D eigenvalue weighted by Crippen LogP contribution is -2.18. The van der Waals surface area contributed by atoms with Crippen LogP contribution in [0, 0.1) is 0 Å². The SMILES string of the molecule is COc1cc(NC(N)=S)ccc1Cl.O=C(N=C=S)c1ccccc1. The number of isothiocyanates is 1. The Bertz CT molecular complexity index is 763. The average molecular weight is 380 g/mol. The Balaban J connectivity index is 0.000000243. The molecule has 8 heteroatoms. The van der Waals surface area contributed by atoms with Crippen LogP contribution >= 0.6 is 36.0 Å². The first-order valence-corrected chi connectivity index (χ1v) is 7.74. The van der Waals surface area contributed by atoms with Gasteiger partial charge >= 0.3 is 0 Å². The molecule has 124 valence electrons. The van der Waals surface area contributed by atoms with Gasteiger partial charge in [0.1, 0.15) is 5.75 Å². The number of halogens is 1. The molecule has 2 rings (SSSR count). The maximum Gasteiger partial charge on any atom is 0.285 e. The van der Waals surface area contributed by atoms with Gasteiger partial charge in [-0.05, 0) is 48.7 Å². The van der Waals surface area contributed by atoms with E-state index in [1.54, 1.807) is 49.6 Å². The molecule has 24 heavy (non-hydrogen) atoms. The van der Waals surface area contributed by atoms with Gasteiger partial charge < -0.3 is 15.8 Å². The molecule has 1 amide bonds. The Hall–Kier alpha value is -2.31. The minimum Gasteiger partial charge on any atom is -0.495 e. The number of carbonyl (C=O) groups is 1. The summed E-state index contributed by atoms with van der Waals surface area (Å²) in [5.74, 6) is 0.239. The van der Waals surface area contributed by atoms with E-state index in [4.69, 9.17) is 22.1 Å². The zero-order chi connectivity index (χ0) is 17.9. The number of thiocarbonyl (C=S) groups is 2. The van der Waals surface area contributed by atoms with Gasteiger partial charge in [0.05, 0.1) is 17.3 Å². The third-order valence-corrected chi connectivity index (χ3v) is 3.09. The van der Waals surface area contributed by atoms with Gasteiger partial charge in [0, 0.05) is 17.3 Å². The number of nitrogens with two attached hydrogens (primary N) is 1. The number of hydrogen-bond donors (Lipinski definition) is 2. The highest BCUT2D eigenvalue weighted by Crippen LogP contribution is 2.27. The highest BCUT2D eigenvalue weighted by Gasteiger charge is 2.01. The van der Waals surface area contributed by atoms with Gasteiger partial charge in [0.25, 0.3) is 5.91 Å². The minimum absolute atomic E-state index is 0.212. The molecular weight excluding hydrogens is 366 g/mol. The normalized spacial score (nSPS) is 8.92. The van der Waals surface area contributed by atoms with Gasteiger partial charge in [0.2, 0.25) is 0 Å². The topological polar surface area (TPSA) is 76.7 Å². The molecule has 0 aliphatic carbocycles. The Labute approximate surface area is 155 Å². The summed E-state index contributed by atoms with van der Waals surface area (Å²) in [6.07, 6.45) is 0. The minimum atomic E-state index is -0.347. The van der Waals surface area contributed by atoms with E-state index in [1.807, 2.05) is 11.2 Å². The van der Waals surface area contributed by atoms with Crippen LogP contribution in [-0.4, -0.2) is 23.3 Å². The number of carbonyl (C=O) groups excluding carboxylic acids is 1. The average Bonchev–Trinajstić information content (AvgIpc) is 2.58. The molecule has 0 saturated heterocycles. The lowest BCUT2D eigenvalue weighted by Gasteiger charge is -2.07. The van der Waals surface area contributed by atoms with E-state index < -0.39 is 0 Å². The Morgan fingerprint density at radius 3 is 2.50 bits per heavy atom. The summed E-state index contributed by atoms with van der Waals surface area (Å²) in [4.78, 5) is 14.3. The van der Waals surface area contributed by atoms with Crippen molar-refractivity contribution in [3.05, 3.63) is 59.1 Å². The standard InChI is InChI=1S/C8H9ClN2OS.C8H5NOS/c1-12-7-4-5(11-8(10)13)2-3-6(7)9;10-8(9-6-11)7-4-2-1-3-5-7/h2-4H,1H3,(H3,10,11,13);1-5H. The van der Waals surface area contributed by atoms with Crippen LogP contribution in [0.3, 0.4) is 0 Å². The predicted molar refractivity (Wildman–Crippen MR) is 104 cm³/mol. The van der Waals surface area contributed by atoms with E-state index in [2.05, 4.69) is 34.7 Å². The van der Waals surface area contributed by atoms with Crippen molar-refractivity contribution in [2.45, 2.75) is 0 Å². The molecule has 2 aromatic rings. The summed E-state index contributed by atoms with van der Waals surface area (Å²) < 4.78 is 5.01. The van der Waals surface area contributed by atoms with Gasteiger partial charge in [-0.25, -0.2) is 0 Å². The van der Waals surface area contributed by atoms with Crippen molar-refractivity contribution in [1.29, 1.82) is 0 Å². The first-order valence-electron chi connectivity index (χ1n) is 6.55. The molecule has 0 atom stereocenters. The molecule has 0 radical (unpaired) electrons. The number of anilines is 1. The van der Waals surface area contributed by atoms with Crippen molar-refractivity contribution in [2.75, 3.05) is 12.4 Å². The van der Waals surface area contributed by atoms with Crippen molar-refractivity contribution < 1.29 is 9.53 Å². The van der Waals surface area contributed by atoms with Crippen molar-refractivity contribution in [3.8, 4) is 5.75 Å². The molecule has 2 aromatic carbocycles. The van der Waals surface area contributed by atoms with Gasteiger partial charge in [-0.1, -0.05) is 29.8 Å². The Morgan fingerprint density at radius 2 is 1.96 bits per heavy atom. The van der Waals surface area contributed by atoms with Crippen LogP contribution in [0.25, 0.3) is 0 Å². The van der Waals surface area contributed by atoms with E-state index in [0.717, 1.165) is 5.69 Å². The molecule has 0 unspecified atom stereocenters. The zero-order valence-electron chi connectivity index (χ0n) is 12.7. The van der Waals surface area contributed by atoms with E-state index in [-0.39, 0.29) is 11.0 Å². The molecule has 5 nitrogen and oxygen atoms in total. The zero-order valence-corrected chi connectivity index (χ0v) is 15.0. The number of rotatable bonds is 3. The van der Waals surface area contributed by atoms with Crippen molar-refractivity contribution in [3.63, 3.8) is 0 Å². The molecule has 0 bridgehead atoms. The third-order valence-electron chi connectivity index (χ3n) is 2.59. The molecule has 3 N–H and O–H groups in total. The Kier molecular flexibility index (Phi) is 8.60. The summed E-state index contributed by atoms with van der Waals surface area (Å²) >= 11 is 14.8. The van der Waals surface area contributed by atoms with Crippen LogP contribution in [-0.2, 0) is 0 Å². The molecular formula is C16H14ClN3O2S2. The maximum atomic E-state index is 10.9. The summed E-state index contributed by atoms with van der Waals surface area (Å²) in [5.41, 5.74) is 6.59. The summed E-state index contributed by atoms with van der Waals surface area (Å²) in [6, 6.07) is 13.9. The lowest BCUT2D eigenvalue weighted by atomic mass is 10.2. The number of amides is 1. The molecule has 0 aliphatic rings. The van der Waals surface area contributed by atoms with Crippen LogP contribution in [0.2, 0.25) is 5.02 Å². The largest absolute Gasteiger partial charge is 0.495 e. The molecule has 0 fully saturated rings. The molecule has 0 aromatic heterocycles. The number of aliphatic imine (C=N–C) groups is 1. The first kappa shape index (κ1) is 19.7. The highest BCUT2D eigenvalue weighted by molar-refractivity contribution is 7.80. The summed E-state index contributed by atoms with van der Waals surface area (Å²) in [6.45, 7) is 0. The monoisotopic (exact) mass is 379 g/mol. The van der Waals surface area contributed by atoms with Gasteiger partial charge in [-0.2, -0.15) is 4.99 Å². The highest BCUT2D eigenvalue weighted by atomic mass is 35.5. The number of ether oxygens (including phenoxy) is 1. The van der Waals surface area contributed by atoms with Gasteiger partial charge in [-0.3, -0.25) is 4.79 Å². The number of hydrogen-bond acceptors (Lipinski definition) is 4. The van der Waals surface area contributed by atoms with Gasteiger partial charge in [0.15, 0.2) is 5.11 Å². The number of nitrogens with one attached hydrogen (secondary N) is 1. The summed E-state index contributed by atoms with van der Waals surface area (Å²) in [5, 5.41) is 5.57. The number of methoxy groups -OCH3 is 1. The lowest BCUT2D eigenvalue weighted by molar-refractivity contribution is 0.100. The van der Waals surface area contributed by atoms with E-state index in [1.165, 1.54) is 0 Å².